The third-order valence-corrected chi connectivity index (χ3v) is 2.01. The van der Waals surface area contributed by atoms with Crippen LogP contribution in [0.5, 0.6) is 5.75 Å². The summed E-state index contributed by atoms with van der Waals surface area (Å²) in [6.07, 6.45) is -0.124. The summed E-state index contributed by atoms with van der Waals surface area (Å²) in [5, 5.41) is 9.46. The summed E-state index contributed by atoms with van der Waals surface area (Å²) in [4.78, 5) is 11.0. The van der Waals surface area contributed by atoms with Crippen molar-refractivity contribution in [2.75, 3.05) is 6.61 Å². The normalized spacial score (nSPS) is 9.35. The van der Waals surface area contributed by atoms with Crippen molar-refractivity contribution in [3.8, 4) is 17.6 Å². The Hall–Kier alpha value is -1.73. The lowest BCUT2D eigenvalue weighted by molar-refractivity contribution is -0.141. The summed E-state index contributed by atoms with van der Waals surface area (Å²) in [6, 6.07) is 2.30. The van der Waals surface area contributed by atoms with E-state index in [2.05, 4.69) is 16.6 Å². The molecule has 0 saturated heterocycles. The number of halogens is 2. The smallest absolute Gasteiger partial charge is 0.317 e. The number of rotatable bonds is 2. The molecular weight excluding hydrogens is 247 g/mol. The Morgan fingerprint density at radius 3 is 2.94 bits per heavy atom. The van der Waals surface area contributed by atoms with Crippen LogP contribution in [0, 0.1) is 17.7 Å². The van der Waals surface area contributed by atoms with Crippen LogP contribution in [-0.4, -0.2) is 17.7 Å². The van der Waals surface area contributed by atoms with Crippen LogP contribution in [0.25, 0.3) is 0 Å². The van der Waals surface area contributed by atoms with Gasteiger partial charge in [-0.2, -0.15) is 0 Å². The zero-order chi connectivity index (χ0) is 12.8. The highest BCUT2D eigenvalue weighted by Crippen LogP contribution is 2.24. The molecule has 1 N–H and O–H groups in total. The first-order valence-corrected chi connectivity index (χ1v) is 5.25. The van der Waals surface area contributed by atoms with Gasteiger partial charge >= 0.3 is 5.97 Å². The van der Waals surface area contributed by atoms with Gasteiger partial charge in [-0.25, -0.2) is 4.39 Å². The van der Waals surface area contributed by atoms with Gasteiger partial charge < -0.3 is 9.84 Å². The Bertz CT molecular complexity index is 489. The Morgan fingerprint density at radius 1 is 1.59 bits per heavy atom. The van der Waals surface area contributed by atoms with Gasteiger partial charge in [0.1, 0.15) is 6.42 Å². The Kier molecular flexibility index (Phi) is 4.80. The van der Waals surface area contributed by atoms with E-state index in [4.69, 9.17) is 11.6 Å². The molecule has 1 aromatic rings. The van der Waals surface area contributed by atoms with Gasteiger partial charge in [-0.3, -0.25) is 4.79 Å². The second-order valence-corrected chi connectivity index (χ2v) is 3.50. The lowest BCUT2D eigenvalue weighted by atomic mass is 10.2. The molecule has 0 amide bonds. The molecule has 0 atom stereocenters. The van der Waals surface area contributed by atoms with E-state index in [-0.39, 0.29) is 23.6 Å². The molecule has 0 fully saturated rings. The van der Waals surface area contributed by atoms with Crippen molar-refractivity contribution in [2.24, 2.45) is 0 Å². The first-order chi connectivity index (χ1) is 8.04. The van der Waals surface area contributed by atoms with Gasteiger partial charge in [-0.05, 0) is 19.1 Å². The van der Waals surface area contributed by atoms with Crippen molar-refractivity contribution >= 4 is 17.6 Å². The average molecular weight is 257 g/mol. The van der Waals surface area contributed by atoms with Crippen LogP contribution < -0.4 is 0 Å². The maximum absolute atomic E-state index is 13.1. The Balaban J connectivity index is 2.82. The second-order valence-electron chi connectivity index (χ2n) is 3.07. The van der Waals surface area contributed by atoms with E-state index in [1.165, 1.54) is 6.07 Å². The topological polar surface area (TPSA) is 46.5 Å². The Morgan fingerprint density at radius 2 is 2.29 bits per heavy atom. The minimum absolute atomic E-state index is 0.0410. The summed E-state index contributed by atoms with van der Waals surface area (Å²) in [5.41, 5.74) is 0.0410. The summed E-state index contributed by atoms with van der Waals surface area (Å²) in [6.45, 7) is 1.96. The lowest BCUT2D eigenvalue weighted by Crippen LogP contribution is -2.01. The number of hydrogen-bond acceptors (Lipinski definition) is 3. The third-order valence-electron chi connectivity index (χ3n) is 1.79. The van der Waals surface area contributed by atoms with E-state index in [1.807, 2.05) is 0 Å². The van der Waals surface area contributed by atoms with Gasteiger partial charge in [0, 0.05) is 5.02 Å². The molecule has 0 aliphatic heterocycles. The fraction of sp³-hybridized carbons (Fsp3) is 0.250. The highest BCUT2D eigenvalue weighted by molar-refractivity contribution is 6.30. The molecule has 17 heavy (non-hydrogen) atoms. The molecule has 0 bridgehead atoms. The molecule has 90 valence electrons. The minimum Gasteiger partial charge on any atom is -0.504 e. The minimum atomic E-state index is -0.849. The predicted molar refractivity (Wildman–Crippen MR) is 61.2 cm³/mol. The van der Waals surface area contributed by atoms with Crippen molar-refractivity contribution in [3.05, 3.63) is 28.5 Å². The monoisotopic (exact) mass is 256 g/mol. The molecular formula is C12H10ClFO3. The number of carbonyl (C=O) groups excluding carboxylic acids is 1. The molecule has 0 aromatic heterocycles. The SMILES string of the molecule is CCOC(=O)CC#Cc1cc(Cl)cc(F)c1O. The van der Waals surface area contributed by atoms with E-state index < -0.39 is 17.5 Å². The zero-order valence-corrected chi connectivity index (χ0v) is 9.84. The van der Waals surface area contributed by atoms with Crippen LogP contribution in [-0.2, 0) is 9.53 Å². The number of hydrogen-bond donors (Lipinski definition) is 1. The average Bonchev–Trinajstić information content (AvgIpc) is 2.25. The van der Waals surface area contributed by atoms with E-state index in [0.29, 0.717) is 0 Å². The number of carbonyl (C=O) groups is 1. The standard InChI is InChI=1S/C12H10ClFO3/c1-2-17-11(15)5-3-4-8-6-9(13)7-10(14)12(8)16/h6-7,16H,2,5H2,1H3. The highest BCUT2D eigenvalue weighted by atomic mass is 35.5. The van der Waals surface area contributed by atoms with Crippen LogP contribution >= 0.6 is 11.6 Å². The molecule has 0 radical (unpaired) electrons. The maximum Gasteiger partial charge on any atom is 0.317 e. The van der Waals surface area contributed by atoms with Crippen LogP contribution in [0.15, 0.2) is 12.1 Å². The fourth-order valence-electron chi connectivity index (χ4n) is 1.08. The summed E-state index contributed by atoms with van der Waals surface area (Å²) in [5.74, 6) is 3.03. The number of phenols is 1. The van der Waals surface area contributed by atoms with Crippen LogP contribution in [0.3, 0.4) is 0 Å². The van der Waals surface area contributed by atoms with Crippen molar-refractivity contribution < 1.29 is 19.0 Å². The van der Waals surface area contributed by atoms with Gasteiger partial charge in [-0.1, -0.05) is 23.4 Å². The molecule has 5 heteroatoms. The molecule has 0 unspecified atom stereocenters. The first-order valence-electron chi connectivity index (χ1n) is 4.87. The molecule has 0 aliphatic rings. The Labute approximate surface area is 103 Å². The molecule has 0 heterocycles. The summed E-state index contributed by atoms with van der Waals surface area (Å²) >= 11 is 5.60. The number of aromatic hydroxyl groups is 1. The number of esters is 1. The molecule has 0 aliphatic carbocycles. The van der Waals surface area contributed by atoms with Crippen molar-refractivity contribution in [2.45, 2.75) is 13.3 Å². The van der Waals surface area contributed by atoms with Crippen molar-refractivity contribution in [3.63, 3.8) is 0 Å². The van der Waals surface area contributed by atoms with Crippen molar-refractivity contribution in [1.29, 1.82) is 0 Å². The largest absolute Gasteiger partial charge is 0.504 e. The van der Waals surface area contributed by atoms with E-state index >= 15 is 0 Å². The van der Waals surface area contributed by atoms with Gasteiger partial charge in [-0.15, -0.1) is 0 Å². The van der Waals surface area contributed by atoms with Crippen LogP contribution in [0.1, 0.15) is 18.9 Å². The lowest BCUT2D eigenvalue weighted by Gasteiger charge is -1.99. The third kappa shape index (κ3) is 3.97. The first kappa shape index (κ1) is 13.3. The van der Waals surface area contributed by atoms with Gasteiger partial charge in [0.2, 0.25) is 0 Å². The molecule has 0 saturated carbocycles. The summed E-state index contributed by atoms with van der Waals surface area (Å²) in [7, 11) is 0. The number of ether oxygens (including phenoxy) is 1. The van der Waals surface area contributed by atoms with Gasteiger partial charge in [0.25, 0.3) is 0 Å². The fourth-order valence-corrected chi connectivity index (χ4v) is 1.29. The maximum atomic E-state index is 13.1. The molecule has 0 spiro atoms. The van der Waals surface area contributed by atoms with E-state index in [0.717, 1.165) is 6.07 Å². The quantitative estimate of drug-likeness (QED) is 0.653. The summed E-state index contributed by atoms with van der Waals surface area (Å²) < 4.78 is 17.7. The van der Waals surface area contributed by atoms with Crippen molar-refractivity contribution in [1.82, 2.24) is 0 Å². The zero-order valence-electron chi connectivity index (χ0n) is 9.09. The molecule has 1 aromatic carbocycles. The van der Waals surface area contributed by atoms with E-state index in [9.17, 15) is 14.3 Å². The number of phenolic OH excluding ortho intramolecular Hbond substituents is 1. The highest BCUT2D eigenvalue weighted by Gasteiger charge is 2.07. The van der Waals surface area contributed by atoms with E-state index in [1.54, 1.807) is 6.92 Å². The molecule has 1 rings (SSSR count). The van der Waals surface area contributed by atoms with Gasteiger partial charge in [0.05, 0.1) is 12.2 Å². The van der Waals surface area contributed by atoms with Crippen LogP contribution in [0.4, 0.5) is 4.39 Å². The van der Waals surface area contributed by atoms with Crippen LogP contribution in [0.2, 0.25) is 5.02 Å². The predicted octanol–water partition coefficient (Wildman–Crippen LogP) is 2.49. The number of benzene rings is 1. The molecule has 3 nitrogen and oxygen atoms in total. The van der Waals surface area contributed by atoms with Gasteiger partial charge in [0.15, 0.2) is 11.6 Å². The second kappa shape index (κ2) is 6.12.